The summed E-state index contributed by atoms with van der Waals surface area (Å²) in [5, 5.41) is 2.78. The lowest BCUT2D eigenvalue weighted by Gasteiger charge is -2.04. The van der Waals surface area contributed by atoms with E-state index in [1.807, 2.05) is 42.5 Å². The Morgan fingerprint density at radius 3 is 2.34 bits per heavy atom. The van der Waals surface area contributed by atoms with Crippen LogP contribution in [0, 0.1) is 0 Å². The molecule has 1 amide bonds. The topological polar surface area (TPSA) is 88.0 Å². The summed E-state index contributed by atoms with van der Waals surface area (Å²) in [6.45, 7) is 0. The van der Waals surface area contributed by atoms with Crippen LogP contribution in [-0.4, -0.2) is 21.7 Å². The summed E-state index contributed by atoms with van der Waals surface area (Å²) in [6, 6.07) is 25.2. The number of ketones is 1. The van der Waals surface area contributed by atoms with Gasteiger partial charge in [0.15, 0.2) is 11.5 Å². The standard InChI is InChI=1S/C25H17N3O3.ClH/c29-23(16-5-2-1-3-6-16)18-10-13-20-21(15-18)28-24(27-20)17-8-11-19(12-9-17)26-25(30)22-7-4-14-31-22;/h1-15H,(H,26,30)(H,27,28);1H. The van der Waals surface area contributed by atoms with E-state index in [0.717, 1.165) is 16.6 Å². The molecule has 0 bridgehead atoms. The van der Waals surface area contributed by atoms with Gasteiger partial charge in [-0.3, -0.25) is 9.59 Å². The number of carbonyl (C=O) groups excluding carboxylic acids is 2. The molecule has 3 aromatic carbocycles. The van der Waals surface area contributed by atoms with Gasteiger partial charge >= 0.3 is 0 Å². The first-order valence-electron chi connectivity index (χ1n) is 9.72. The molecule has 0 saturated heterocycles. The van der Waals surface area contributed by atoms with E-state index in [9.17, 15) is 9.59 Å². The van der Waals surface area contributed by atoms with Gasteiger partial charge in [0.2, 0.25) is 0 Å². The molecule has 0 fully saturated rings. The highest BCUT2D eigenvalue weighted by Gasteiger charge is 2.12. The number of benzene rings is 3. The summed E-state index contributed by atoms with van der Waals surface area (Å²) in [5.74, 6) is 0.595. The molecule has 6 nitrogen and oxygen atoms in total. The van der Waals surface area contributed by atoms with Crippen LogP contribution in [0.2, 0.25) is 0 Å². The second-order valence-corrected chi connectivity index (χ2v) is 7.02. The number of furan rings is 1. The minimum atomic E-state index is -0.308. The Labute approximate surface area is 189 Å². The highest BCUT2D eigenvalue weighted by Crippen LogP contribution is 2.24. The lowest BCUT2D eigenvalue weighted by molar-refractivity contribution is 0.0995. The number of nitrogens with zero attached hydrogens (tertiary/aromatic N) is 1. The zero-order valence-corrected chi connectivity index (χ0v) is 17.6. The molecule has 158 valence electrons. The lowest BCUT2D eigenvalue weighted by Crippen LogP contribution is -2.10. The van der Waals surface area contributed by atoms with Crippen molar-refractivity contribution >= 4 is 40.8 Å². The van der Waals surface area contributed by atoms with E-state index in [-0.39, 0.29) is 29.9 Å². The van der Waals surface area contributed by atoms with Crippen molar-refractivity contribution in [1.29, 1.82) is 0 Å². The van der Waals surface area contributed by atoms with Crippen LogP contribution < -0.4 is 5.32 Å². The molecule has 0 atom stereocenters. The molecular formula is C25H18ClN3O3. The van der Waals surface area contributed by atoms with E-state index in [1.54, 1.807) is 42.5 Å². The van der Waals surface area contributed by atoms with Crippen molar-refractivity contribution in [3.63, 3.8) is 0 Å². The van der Waals surface area contributed by atoms with Crippen molar-refractivity contribution in [1.82, 2.24) is 9.97 Å². The van der Waals surface area contributed by atoms with Crippen LogP contribution in [0.3, 0.4) is 0 Å². The zero-order chi connectivity index (χ0) is 21.2. The van der Waals surface area contributed by atoms with Crippen molar-refractivity contribution in [2.45, 2.75) is 0 Å². The summed E-state index contributed by atoms with van der Waals surface area (Å²) in [4.78, 5) is 32.7. The Morgan fingerprint density at radius 1 is 0.844 bits per heavy atom. The third kappa shape index (κ3) is 4.17. The van der Waals surface area contributed by atoms with Crippen LogP contribution >= 0.6 is 12.4 Å². The van der Waals surface area contributed by atoms with Crippen molar-refractivity contribution in [2.75, 3.05) is 5.32 Å². The number of imidazole rings is 1. The van der Waals surface area contributed by atoms with Gasteiger partial charge in [0, 0.05) is 22.4 Å². The number of anilines is 1. The SMILES string of the molecule is Cl.O=C(c1ccccc1)c1ccc2nc(-c3ccc(NC(=O)c4ccco4)cc3)[nH]c2c1. The Hall–Kier alpha value is -4.16. The molecule has 5 rings (SSSR count). The molecular weight excluding hydrogens is 426 g/mol. The van der Waals surface area contributed by atoms with Gasteiger partial charge in [-0.15, -0.1) is 12.4 Å². The largest absolute Gasteiger partial charge is 0.459 e. The maximum absolute atomic E-state index is 12.7. The number of hydrogen-bond acceptors (Lipinski definition) is 4. The second-order valence-electron chi connectivity index (χ2n) is 7.02. The maximum atomic E-state index is 12.7. The number of hydrogen-bond donors (Lipinski definition) is 2. The smallest absolute Gasteiger partial charge is 0.291 e. The molecule has 0 saturated carbocycles. The summed E-state index contributed by atoms with van der Waals surface area (Å²) >= 11 is 0. The minimum Gasteiger partial charge on any atom is -0.459 e. The van der Waals surface area contributed by atoms with Gasteiger partial charge in [-0.25, -0.2) is 4.98 Å². The number of H-pyrrole nitrogens is 1. The van der Waals surface area contributed by atoms with E-state index in [2.05, 4.69) is 15.3 Å². The van der Waals surface area contributed by atoms with E-state index in [1.165, 1.54) is 6.26 Å². The Morgan fingerprint density at radius 2 is 1.62 bits per heavy atom. The third-order valence-electron chi connectivity index (χ3n) is 4.94. The van der Waals surface area contributed by atoms with Crippen LogP contribution in [-0.2, 0) is 0 Å². The number of aromatic amines is 1. The number of nitrogens with one attached hydrogen (secondary N) is 2. The third-order valence-corrected chi connectivity index (χ3v) is 4.94. The molecule has 7 heteroatoms. The summed E-state index contributed by atoms with van der Waals surface area (Å²) in [7, 11) is 0. The van der Waals surface area contributed by atoms with Crippen LogP contribution in [0.1, 0.15) is 26.5 Å². The van der Waals surface area contributed by atoms with E-state index >= 15 is 0 Å². The minimum absolute atomic E-state index is 0. The number of aromatic nitrogens is 2. The molecule has 2 aromatic heterocycles. The molecule has 0 radical (unpaired) electrons. The highest BCUT2D eigenvalue weighted by atomic mass is 35.5. The summed E-state index contributed by atoms with van der Waals surface area (Å²) in [6.07, 6.45) is 1.46. The van der Waals surface area contributed by atoms with Gasteiger partial charge in [-0.2, -0.15) is 0 Å². The fourth-order valence-corrected chi connectivity index (χ4v) is 3.36. The molecule has 0 aliphatic heterocycles. The van der Waals surface area contributed by atoms with Gasteiger partial charge in [-0.1, -0.05) is 30.3 Å². The van der Waals surface area contributed by atoms with E-state index in [4.69, 9.17) is 4.42 Å². The molecule has 0 unspecified atom stereocenters. The number of rotatable bonds is 5. The van der Waals surface area contributed by atoms with Crippen LogP contribution in [0.15, 0.2) is 95.6 Å². The quantitative estimate of drug-likeness (QED) is 0.339. The first kappa shape index (κ1) is 21.1. The molecule has 5 aromatic rings. The molecule has 2 heterocycles. The van der Waals surface area contributed by atoms with Crippen LogP contribution in [0.5, 0.6) is 0 Å². The second kappa shape index (κ2) is 8.91. The average Bonchev–Trinajstić information content (AvgIpc) is 3.49. The summed E-state index contributed by atoms with van der Waals surface area (Å²) in [5.41, 5.74) is 4.32. The van der Waals surface area contributed by atoms with Gasteiger partial charge in [-0.05, 0) is 54.6 Å². The Bertz CT molecular complexity index is 1380. The normalized spacial score (nSPS) is 10.5. The van der Waals surface area contributed by atoms with Gasteiger partial charge in [0.05, 0.1) is 17.3 Å². The van der Waals surface area contributed by atoms with Gasteiger partial charge in [0.1, 0.15) is 5.82 Å². The molecule has 0 aliphatic carbocycles. The molecule has 0 spiro atoms. The van der Waals surface area contributed by atoms with Crippen molar-refractivity contribution < 1.29 is 14.0 Å². The average molecular weight is 444 g/mol. The first-order valence-corrected chi connectivity index (χ1v) is 9.72. The Balaban J connectivity index is 0.00000245. The lowest BCUT2D eigenvalue weighted by atomic mass is 10.0. The highest BCUT2D eigenvalue weighted by molar-refractivity contribution is 6.10. The van der Waals surface area contributed by atoms with E-state index < -0.39 is 0 Å². The fraction of sp³-hybridized carbons (Fsp3) is 0. The predicted octanol–water partition coefficient (Wildman–Crippen LogP) is 5.73. The predicted molar refractivity (Wildman–Crippen MR) is 125 cm³/mol. The van der Waals surface area contributed by atoms with Gasteiger partial charge in [0.25, 0.3) is 5.91 Å². The Kier molecular flexibility index (Phi) is 5.87. The molecule has 0 aliphatic rings. The van der Waals surface area contributed by atoms with Gasteiger partial charge < -0.3 is 14.7 Å². The first-order chi connectivity index (χ1) is 15.2. The molecule has 2 N–H and O–H groups in total. The van der Waals surface area contributed by atoms with Crippen molar-refractivity contribution in [2.24, 2.45) is 0 Å². The van der Waals surface area contributed by atoms with Crippen LogP contribution in [0.4, 0.5) is 5.69 Å². The van der Waals surface area contributed by atoms with E-state index in [0.29, 0.717) is 22.6 Å². The summed E-state index contributed by atoms with van der Waals surface area (Å²) < 4.78 is 5.10. The number of amides is 1. The van der Waals surface area contributed by atoms with Crippen molar-refractivity contribution in [3.8, 4) is 11.4 Å². The monoisotopic (exact) mass is 443 g/mol. The van der Waals surface area contributed by atoms with Crippen LogP contribution in [0.25, 0.3) is 22.4 Å². The number of halogens is 1. The van der Waals surface area contributed by atoms with Crippen molar-refractivity contribution in [3.05, 3.63) is 108 Å². The maximum Gasteiger partial charge on any atom is 0.291 e. The fourth-order valence-electron chi connectivity index (χ4n) is 3.36. The zero-order valence-electron chi connectivity index (χ0n) is 16.7. The number of carbonyl (C=O) groups is 2. The molecule has 32 heavy (non-hydrogen) atoms. The number of fused-ring (bicyclic) bond motifs is 1.